The lowest BCUT2D eigenvalue weighted by atomic mass is 9.97. The molecule has 1 fully saturated rings. The molecule has 1 heterocycles. The Kier molecular flexibility index (Phi) is 3.64. The van der Waals surface area contributed by atoms with Crippen molar-refractivity contribution < 1.29 is 17.9 Å². The van der Waals surface area contributed by atoms with Gasteiger partial charge in [-0.15, -0.1) is 0 Å². The van der Waals surface area contributed by atoms with E-state index in [1.807, 2.05) is 27.7 Å². The Balaban J connectivity index is 2.46. The van der Waals surface area contributed by atoms with Crippen molar-refractivity contribution in [3.8, 4) is 0 Å². The summed E-state index contributed by atoms with van der Waals surface area (Å²) in [4.78, 5) is 1.73. The van der Waals surface area contributed by atoms with Crippen molar-refractivity contribution in [1.29, 1.82) is 0 Å². The Morgan fingerprint density at radius 2 is 1.62 bits per heavy atom. The van der Waals surface area contributed by atoms with Crippen LogP contribution in [0, 0.1) is 0 Å². The minimum absolute atomic E-state index is 0.109. The SMILES string of the molecule is CC1(C)CN(c2ccc(N)cc2C(F)(F)F)CC(C)(C)O1. The van der Waals surface area contributed by atoms with Gasteiger partial charge in [0.2, 0.25) is 0 Å². The summed E-state index contributed by atoms with van der Waals surface area (Å²) in [5.74, 6) is 0. The Bertz CT molecular complexity index is 522. The predicted molar refractivity (Wildman–Crippen MR) is 77.3 cm³/mol. The van der Waals surface area contributed by atoms with Crippen molar-refractivity contribution in [3.63, 3.8) is 0 Å². The number of hydrogen-bond acceptors (Lipinski definition) is 3. The molecular weight excluding hydrogens is 281 g/mol. The van der Waals surface area contributed by atoms with Crippen LogP contribution in [0.1, 0.15) is 33.3 Å². The second-order valence-electron chi connectivity index (χ2n) is 6.75. The number of morpholine rings is 1. The van der Waals surface area contributed by atoms with E-state index in [9.17, 15) is 13.2 Å². The Morgan fingerprint density at radius 1 is 1.10 bits per heavy atom. The van der Waals surface area contributed by atoms with Crippen LogP contribution in [0.2, 0.25) is 0 Å². The minimum atomic E-state index is -4.43. The maximum absolute atomic E-state index is 13.3. The zero-order chi connectivity index (χ0) is 16.1. The molecule has 0 spiro atoms. The third-order valence-electron chi connectivity index (χ3n) is 3.36. The van der Waals surface area contributed by atoms with Crippen molar-refractivity contribution >= 4 is 11.4 Å². The predicted octanol–water partition coefficient (Wildman–Crippen LogP) is 3.68. The van der Waals surface area contributed by atoms with Crippen LogP contribution < -0.4 is 10.6 Å². The van der Waals surface area contributed by atoms with Crippen molar-refractivity contribution in [2.45, 2.75) is 45.1 Å². The quantitative estimate of drug-likeness (QED) is 0.804. The molecule has 1 saturated heterocycles. The van der Waals surface area contributed by atoms with E-state index in [0.717, 1.165) is 6.07 Å². The Morgan fingerprint density at radius 3 is 2.10 bits per heavy atom. The second kappa shape index (κ2) is 4.80. The molecule has 0 bridgehead atoms. The van der Waals surface area contributed by atoms with E-state index in [-0.39, 0.29) is 11.4 Å². The first-order valence-corrected chi connectivity index (χ1v) is 6.82. The molecule has 0 radical (unpaired) electrons. The summed E-state index contributed by atoms with van der Waals surface area (Å²) >= 11 is 0. The van der Waals surface area contributed by atoms with E-state index in [1.165, 1.54) is 12.1 Å². The number of rotatable bonds is 1. The van der Waals surface area contributed by atoms with E-state index >= 15 is 0 Å². The molecule has 0 amide bonds. The summed E-state index contributed by atoms with van der Waals surface area (Å²) in [6.07, 6.45) is -4.43. The lowest BCUT2D eigenvalue weighted by Crippen LogP contribution is -2.57. The van der Waals surface area contributed by atoms with Gasteiger partial charge in [0.1, 0.15) is 0 Å². The summed E-state index contributed by atoms with van der Waals surface area (Å²) in [5, 5.41) is 0. The number of ether oxygens (including phenoxy) is 1. The minimum Gasteiger partial charge on any atom is -0.399 e. The van der Waals surface area contributed by atoms with Gasteiger partial charge >= 0.3 is 6.18 Å². The molecule has 0 aromatic heterocycles. The van der Waals surface area contributed by atoms with Gasteiger partial charge in [-0.2, -0.15) is 13.2 Å². The zero-order valence-electron chi connectivity index (χ0n) is 12.7. The number of nitrogens with two attached hydrogens (primary N) is 1. The molecule has 1 aromatic rings. The van der Waals surface area contributed by atoms with Gasteiger partial charge in [-0.05, 0) is 45.9 Å². The van der Waals surface area contributed by atoms with E-state index in [1.54, 1.807) is 4.90 Å². The van der Waals surface area contributed by atoms with Gasteiger partial charge in [-0.1, -0.05) is 0 Å². The fourth-order valence-electron chi connectivity index (χ4n) is 3.01. The van der Waals surface area contributed by atoms with Crippen molar-refractivity contribution in [2.24, 2.45) is 0 Å². The van der Waals surface area contributed by atoms with Gasteiger partial charge in [-0.3, -0.25) is 0 Å². The highest BCUT2D eigenvalue weighted by atomic mass is 19.4. The molecule has 21 heavy (non-hydrogen) atoms. The van der Waals surface area contributed by atoms with Crippen molar-refractivity contribution in [2.75, 3.05) is 23.7 Å². The van der Waals surface area contributed by atoms with Crippen LogP contribution in [0.5, 0.6) is 0 Å². The summed E-state index contributed by atoms with van der Waals surface area (Å²) < 4.78 is 45.7. The monoisotopic (exact) mass is 302 g/mol. The van der Waals surface area contributed by atoms with E-state index in [0.29, 0.717) is 13.1 Å². The van der Waals surface area contributed by atoms with Gasteiger partial charge < -0.3 is 15.4 Å². The maximum atomic E-state index is 13.3. The molecule has 1 aromatic carbocycles. The van der Waals surface area contributed by atoms with Crippen LogP contribution in [-0.2, 0) is 10.9 Å². The summed E-state index contributed by atoms with van der Waals surface area (Å²) in [7, 11) is 0. The number of hydrogen-bond donors (Lipinski definition) is 1. The molecule has 0 atom stereocenters. The molecule has 0 unspecified atom stereocenters. The molecule has 6 heteroatoms. The zero-order valence-corrected chi connectivity index (χ0v) is 12.7. The number of alkyl halides is 3. The smallest absolute Gasteiger partial charge is 0.399 e. The number of nitrogens with zero attached hydrogens (tertiary/aromatic N) is 1. The first-order valence-electron chi connectivity index (χ1n) is 6.82. The Labute approximate surface area is 122 Å². The van der Waals surface area contributed by atoms with Gasteiger partial charge in [0.05, 0.1) is 16.8 Å². The fourth-order valence-corrected chi connectivity index (χ4v) is 3.01. The number of nitrogen functional groups attached to an aromatic ring is 1. The third-order valence-corrected chi connectivity index (χ3v) is 3.36. The first kappa shape index (κ1) is 15.9. The summed E-state index contributed by atoms with van der Waals surface area (Å²) in [6, 6.07) is 3.93. The van der Waals surface area contributed by atoms with Crippen LogP contribution in [0.4, 0.5) is 24.5 Å². The van der Waals surface area contributed by atoms with E-state index in [4.69, 9.17) is 10.5 Å². The molecule has 2 N–H and O–H groups in total. The Hall–Kier alpha value is -1.43. The lowest BCUT2D eigenvalue weighted by Gasteiger charge is -2.48. The van der Waals surface area contributed by atoms with Crippen molar-refractivity contribution in [3.05, 3.63) is 23.8 Å². The van der Waals surface area contributed by atoms with Crippen LogP contribution in [0.3, 0.4) is 0 Å². The van der Waals surface area contributed by atoms with Crippen molar-refractivity contribution in [1.82, 2.24) is 0 Å². The fraction of sp³-hybridized carbons (Fsp3) is 0.600. The highest BCUT2D eigenvalue weighted by Crippen LogP contribution is 2.40. The van der Waals surface area contributed by atoms with E-state index in [2.05, 4.69) is 0 Å². The van der Waals surface area contributed by atoms with Gasteiger partial charge in [0, 0.05) is 24.5 Å². The molecule has 2 rings (SSSR count). The summed E-state index contributed by atoms with van der Waals surface area (Å²) in [5.41, 5.74) is 4.04. The molecule has 3 nitrogen and oxygen atoms in total. The largest absolute Gasteiger partial charge is 0.418 e. The van der Waals surface area contributed by atoms with Crippen LogP contribution in [-0.4, -0.2) is 24.3 Å². The van der Waals surface area contributed by atoms with E-state index < -0.39 is 22.9 Å². The molecule has 0 saturated carbocycles. The highest BCUT2D eigenvalue weighted by Gasteiger charge is 2.41. The molecule has 1 aliphatic rings. The number of halogens is 3. The second-order valence-corrected chi connectivity index (χ2v) is 6.75. The molecule has 1 aliphatic heterocycles. The average Bonchev–Trinajstić information content (AvgIpc) is 2.23. The van der Waals surface area contributed by atoms with Crippen LogP contribution in [0.15, 0.2) is 18.2 Å². The standard InChI is InChI=1S/C15H21F3N2O/c1-13(2)8-20(9-14(3,4)21-13)12-6-5-10(19)7-11(12)15(16,17)18/h5-7H,8-9,19H2,1-4H3. The highest BCUT2D eigenvalue weighted by molar-refractivity contribution is 5.61. The number of anilines is 2. The number of benzene rings is 1. The van der Waals surface area contributed by atoms with Gasteiger partial charge in [0.15, 0.2) is 0 Å². The lowest BCUT2D eigenvalue weighted by molar-refractivity contribution is -0.141. The van der Waals surface area contributed by atoms with Gasteiger partial charge in [-0.25, -0.2) is 0 Å². The third kappa shape index (κ3) is 3.61. The first-order chi connectivity index (χ1) is 9.40. The maximum Gasteiger partial charge on any atom is 0.418 e. The molecular formula is C15H21F3N2O. The summed E-state index contributed by atoms with van der Waals surface area (Å²) in [6.45, 7) is 8.31. The molecule has 118 valence electrons. The normalized spacial score (nSPS) is 21.4. The average molecular weight is 302 g/mol. The van der Waals surface area contributed by atoms with Crippen LogP contribution >= 0.6 is 0 Å². The van der Waals surface area contributed by atoms with Gasteiger partial charge in [0.25, 0.3) is 0 Å². The van der Waals surface area contributed by atoms with Crippen LogP contribution in [0.25, 0.3) is 0 Å². The molecule has 0 aliphatic carbocycles. The topological polar surface area (TPSA) is 38.5 Å².